The van der Waals surface area contributed by atoms with E-state index in [2.05, 4.69) is 59.5 Å². The van der Waals surface area contributed by atoms with Gasteiger partial charge in [0.1, 0.15) is 0 Å². The Morgan fingerprint density at radius 2 is 1.22 bits per heavy atom. The number of hydrogen-bond donors (Lipinski definition) is 3. The molecule has 3 N–H and O–H groups in total. The number of amides is 3. The van der Waals surface area contributed by atoms with Crippen molar-refractivity contribution in [3.63, 3.8) is 0 Å². The van der Waals surface area contributed by atoms with E-state index in [0.717, 1.165) is 9.13 Å². The molecule has 3 aromatic rings. The van der Waals surface area contributed by atoms with Gasteiger partial charge in [0.15, 0.2) is 0 Å². The molecule has 0 unspecified atom stereocenters. The van der Waals surface area contributed by atoms with Crippen molar-refractivity contribution >= 4 is 46.0 Å². The number of hydrazine groups is 1. The first kappa shape index (κ1) is 23.5. The van der Waals surface area contributed by atoms with Crippen molar-refractivity contribution in [3.05, 3.63) is 98.6 Å². The monoisotopic (exact) mass is 541 g/mol. The highest BCUT2D eigenvalue weighted by Crippen LogP contribution is 2.22. The SMILES string of the molecule is CC(C)(C)c1ccc(C(=O)Nc2ccc(C(=O)NNC(=O)c3ccccc3I)cc2)cc1. The molecule has 3 aromatic carbocycles. The van der Waals surface area contributed by atoms with Crippen LogP contribution in [0.4, 0.5) is 5.69 Å². The van der Waals surface area contributed by atoms with Gasteiger partial charge in [0.25, 0.3) is 17.7 Å². The molecule has 0 saturated heterocycles. The zero-order valence-corrected chi connectivity index (χ0v) is 20.2. The number of benzene rings is 3. The molecular formula is C25H24IN3O3. The van der Waals surface area contributed by atoms with Crippen LogP contribution in [-0.4, -0.2) is 17.7 Å². The van der Waals surface area contributed by atoms with Crippen LogP contribution in [-0.2, 0) is 5.41 Å². The molecule has 0 spiro atoms. The Balaban J connectivity index is 1.57. The third-order valence-electron chi connectivity index (χ3n) is 4.83. The van der Waals surface area contributed by atoms with Gasteiger partial charge in [-0.25, -0.2) is 0 Å². The van der Waals surface area contributed by atoms with E-state index < -0.39 is 11.8 Å². The average molecular weight is 541 g/mol. The maximum absolute atomic E-state index is 12.5. The zero-order chi connectivity index (χ0) is 23.3. The molecule has 0 heterocycles. The lowest BCUT2D eigenvalue weighted by atomic mass is 9.87. The lowest BCUT2D eigenvalue weighted by Crippen LogP contribution is -2.41. The largest absolute Gasteiger partial charge is 0.322 e. The van der Waals surface area contributed by atoms with Crippen LogP contribution in [0.5, 0.6) is 0 Å². The molecule has 0 radical (unpaired) electrons. The predicted molar refractivity (Wildman–Crippen MR) is 134 cm³/mol. The summed E-state index contributed by atoms with van der Waals surface area (Å²) in [5.41, 5.74) is 7.92. The van der Waals surface area contributed by atoms with Gasteiger partial charge in [-0.05, 0) is 82.1 Å². The summed E-state index contributed by atoms with van der Waals surface area (Å²) in [4.78, 5) is 37.0. The van der Waals surface area contributed by atoms with Gasteiger partial charge in [0.05, 0.1) is 5.56 Å². The quantitative estimate of drug-likeness (QED) is 0.324. The van der Waals surface area contributed by atoms with Gasteiger partial charge in [0, 0.05) is 20.4 Å². The average Bonchev–Trinajstić information content (AvgIpc) is 2.77. The Kier molecular flexibility index (Phi) is 7.29. The van der Waals surface area contributed by atoms with E-state index in [4.69, 9.17) is 0 Å². The van der Waals surface area contributed by atoms with Crippen LogP contribution in [0.1, 0.15) is 57.4 Å². The van der Waals surface area contributed by atoms with Crippen LogP contribution in [0.3, 0.4) is 0 Å². The Morgan fingerprint density at radius 1 is 0.688 bits per heavy atom. The van der Waals surface area contributed by atoms with E-state index in [1.165, 1.54) is 0 Å². The van der Waals surface area contributed by atoms with Crippen molar-refractivity contribution in [1.82, 2.24) is 10.9 Å². The summed E-state index contributed by atoms with van der Waals surface area (Å²) in [6.45, 7) is 6.36. The Morgan fingerprint density at radius 3 is 1.81 bits per heavy atom. The van der Waals surface area contributed by atoms with Gasteiger partial charge in [-0.15, -0.1) is 0 Å². The number of anilines is 1. The fraction of sp³-hybridized carbons (Fsp3) is 0.160. The standard InChI is InChI=1S/C25H24IN3O3/c1-25(2,3)18-12-8-16(9-13-18)22(30)27-19-14-10-17(11-15-19)23(31)28-29-24(32)20-6-4-5-7-21(20)26/h4-15H,1-3H3,(H,27,30)(H,28,31)(H,29,32). The molecular weight excluding hydrogens is 517 g/mol. The molecule has 3 rings (SSSR count). The molecule has 164 valence electrons. The molecule has 7 heteroatoms. The number of rotatable bonds is 4. The third kappa shape index (κ3) is 5.94. The summed E-state index contributed by atoms with van der Waals surface area (Å²) >= 11 is 2.06. The van der Waals surface area contributed by atoms with Gasteiger partial charge in [0.2, 0.25) is 0 Å². The fourth-order valence-corrected chi connectivity index (χ4v) is 3.56. The number of hydrogen-bond acceptors (Lipinski definition) is 3. The second-order valence-electron chi connectivity index (χ2n) is 8.25. The number of carbonyl (C=O) groups is 3. The molecule has 0 atom stereocenters. The first-order valence-corrected chi connectivity index (χ1v) is 11.1. The van der Waals surface area contributed by atoms with Gasteiger partial charge in [-0.3, -0.25) is 25.2 Å². The van der Waals surface area contributed by atoms with Crippen molar-refractivity contribution in [2.24, 2.45) is 0 Å². The van der Waals surface area contributed by atoms with Crippen LogP contribution < -0.4 is 16.2 Å². The number of halogens is 1. The maximum Gasteiger partial charge on any atom is 0.270 e. The van der Waals surface area contributed by atoms with Gasteiger partial charge >= 0.3 is 0 Å². The highest BCUT2D eigenvalue weighted by Gasteiger charge is 2.15. The van der Waals surface area contributed by atoms with Crippen molar-refractivity contribution in [3.8, 4) is 0 Å². The van der Waals surface area contributed by atoms with Gasteiger partial charge in [-0.2, -0.15) is 0 Å². The van der Waals surface area contributed by atoms with Crippen LogP contribution in [0.15, 0.2) is 72.8 Å². The molecule has 0 aliphatic rings. The molecule has 3 amide bonds. The van der Waals surface area contributed by atoms with E-state index in [9.17, 15) is 14.4 Å². The summed E-state index contributed by atoms with van der Waals surface area (Å²) in [6.07, 6.45) is 0. The Labute approximate surface area is 200 Å². The van der Waals surface area contributed by atoms with Gasteiger partial charge in [-0.1, -0.05) is 45.0 Å². The van der Waals surface area contributed by atoms with Crippen molar-refractivity contribution in [1.29, 1.82) is 0 Å². The molecule has 0 aromatic heterocycles. The highest BCUT2D eigenvalue weighted by molar-refractivity contribution is 14.1. The normalized spacial score (nSPS) is 10.9. The number of nitrogens with one attached hydrogen (secondary N) is 3. The Hall–Kier alpha value is -3.20. The van der Waals surface area contributed by atoms with Gasteiger partial charge < -0.3 is 5.32 Å². The first-order valence-electron chi connectivity index (χ1n) is 10.0. The predicted octanol–water partition coefficient (Wildman–Crippen LogP) is 4.92. The number of carbonyl (C=O) groups excluding carboxylic acids is 3. The van der Waals surface area contributed by atoms with E-state index in [0.29, 0.717) is 22.4 Å². The molecule has 0 aliphatic carbocycles. The summed E-state index contributed by atoms with van der Waals surface area (Å²) in [5, 5.41) is 2.82. The lowest BCUT2D eigenvalue weighted by molar-refractivity contribution is 0.0846. The van der Waals surface area contributed by atoms with E-state index in [-0.39, 0.29) is 11.3 Å². The highest BCUT2D eigenvalue weighted by atomic mass is 127. The van der Waals surface area contributed by atoms with Crippen molar-refractivity contribution in [2.75, 3.05) is 5.32 Å². The molecule has 0 fully saturated rings. The topological polar surface area (TPSA) is 87.3 Å². The third-order valence-corrected chi connectivity index (χ3v) is 5.77. The lowest BCUT2D eigenvalue weighted by Gasteiger charge is -2.19. The van der Waals surface area contributed by atoms with E-state index in [1.807, 2.05) is 24.3 Å². The maximum atomic E-state index is 12.5. The van der Waals surface area contributed by atoms with E-state index in [1.54, 1.807) is 48.5 Å². The summed E-state index contributed by atoms with van der Waals surface area (Å²) < 4.78 is 0.782. The molecule has 6 nitrogen and oxygen atoms in total. The zero-order valence-electron chi connectivity index (χ0n) is 18.0. The second kappa shape index (κ2) is 9.95. The smallest absolute Gasteiger partial charge is 0.270 e. The first-order chi connectivity index (χ1) is 15.1. The van der Waals surface area contributed by atoms with Crippen LogP contribution >= 0.6 is 22.6 Å². The minimum Gasteiger partial charge on any atom is -0.322 e. The molecule has 0 aliphatic heterocycles. The van der Waals surface area contributed by atoms with E-state index >= 15 is 0 Å². The minimum absolute atomic E-state index is 0.0183. The molecule has 32 heavy (non-hydrogen) atoms. The Bertz CT molecular complexity index is 1130. The minimum atomic E-state index is -0.458. The van der Waals surface area contributed by atoms with Crippen LogP contribution in [0.25, 0.3) is 0 Å². The molecule has 0 bridgehead atoms. The van der Waals surface area contributed by atoms with Crippen LogP contribution in [0.2, 0.25) is 0 Å². The summed E-state index contributed by atoms with van der Waals surface area (Å²) in [5.74, 6) is -1.09. The summed E-state index contributed by atoms with van der Waals surface area (Å²) in [6, 6.07) is 21.0. The fourth-order valence-electron chi connectivity index (χ4n) is 2.93. The second-order valence-corrected chi connectivity index (χ2v) is 9.41. The van der Waals surface area contributed by atoms with Crippen molar-refractivity contribution in [2.45, 2.75) is 26.2 Å². The van der Waals surface area contributed by atoms with Crippen LogP contribution in [0, 0.1) is 3.57 Å². The summed E-state index contributed by atoms with van der Waals surface area (Å²) in [7, 11) is 0. The van der Waals surface area contributed by atoms with Crippen molar-refractivity contribution < 1.29 is 14.4 Å². The molecule has 0 saturated carbocycles.